The zero-order valence-electron chi connectivity index (χ0n) is 7.07. The summed E-state index contributed by atoms with van der Waals surface area (Å²) in [4.78, 5) is 13.5. The molecule has 1 aromatic heterocycles. The van der Waals surface area contributed by atoms with Crippen molar-refractivity contribution in [2.75, 3.05) is 0 Å². The maximum Gasteiger partial charge on any atom is 0.269 e. The molecule has 0 bridgehead atoms. The molecule has 0 saturated carbocycles. The standard InChI is InChI=1S/C9H6ClN3O/c10-7-3-1-6(2-4-7)9-12-8(14)5-11-13-9/h1-5H,(H,12,13,14). The number of halogens is 1. The minimum atomic E-state index is -0.273. The van der Waals surface area contributed by atoms with Crippen molar-refractivity contribution in [2.45, 2.75) is 0 Å². The number of nitrogens with one attached hydrogen (secondary N) is 1. The predicted octanol–water partition coefficient (Wildman–Crippen LogP) is 1.49. The summed E-state index contributed by atoms with van der Waals surface area (Å²) in [6, 6.07) is 6.98. The second kappa shape index (κ2) is 3.59. The van der Waals surface area contributed by atoms with E-state index in [0.717, 1.165) is 11.8 Å². The molecule has 14 heavy (non-hydrogen) atoms. The molecule has 0 spiro atoms. The number of hydrogen-bond donors (Lipinski definition) is 1. The minimum absolute atomic E-state index is 0.273. The topological polar surface area (TPSA) is 58.6 Å². The van der Waals surface area contributed by atoms with Gasteiger partial charge in [0, 0.05) is 10.6 Å². The molecule has 70 valence electrons. The Bertz CT molecular complexity index is 492. The summed E-state index contributed by atoms with van der Waals surface area (Å²) in [7, 11) is 0. The molecule has 0 aliphatic rings. The summed E-state index contributed by atoms with van der Waals surface area (Å²) in [5, 5.41) is 7.99. The van der Waals surface area contributed by atoms with Gasteiger partial charge in [-0.25, -0.2) is 0 Å². The molecule has 2 rings (SSSR count). The molecule has 5 heteroatoms. The summed E-state index contributed by atoms with van der Waals surface area (Å²) in [6.45, 7) is 0. The summed E-state index contributed by atoms with van der Waals surface area (Å²) in [6.07, 6.45) is 1.12. The van der Waals surface area contributed by atoms with Crippen molar-refractivity contribution in [3.05, 3.63) is 45.8 Å². The number of aromatic amines is 1. The largest absolute Gasteiger partial charge is 0.304 e. The summed E-state index contributed by atoms with van der Waals surface area (Å²) in [5.41, 5.74) is 0.504. The Balaban J connectivity index is 2.50. The zero-order valence-corrected chi connectivity index (χ0v) is 7.82. The number of H-pyrrole nitrogens is 1. The first-order valence-corrected chi connectivity index (χ1v) is 4.31. The van der Waals surface area contributed by atoms with Crippen LogP contribution in [0.5, 0.6) is 0 Å². The fraction of sp³-hybridized carbons (Fsp3) is 0. The summed E-state index contributed by atoms with van der Waals surface area (Å²) in [5.74, 6) is 0.439. The molecule has 0 amide bonds. The van der Waals surface area contributed by atoms with Crippen LogP contribution in [0, 0.1) is 0 Å². The highest BCUT2D eigenvalue weighted by Gasteiger charge is 1.99. The van der Waals surface area contributed by atoms with Crippen LogP contribution in [0.15, 0.2) is 35.3 Å². The molecule has 0 aliphatic carbocycles. The Kier molecular flexibility index (Phi) is 2.28. The van der Waals surface area contributed by atoms with E-state index < -0.39 is 0 Å². The Morgan fingerprint density at radius 3 is 2.57 bits per heavy atom. The lowest BCUT2D eigenvalue weighted by molar-refractivity contribution is 0.954. The van der Waals surface area contributed by atoms with Gasteiger partial charge in [0.05, 0.1) is 0 Å². The van der Waals surface area contributed by atoms with Crippen LogP contribution in [0.4, 0.5) is 0 Å². The van der Waals surface area contributed by atoms with Crippen LogP contribution in [0.2, 0.25) is 5.02 Å². The Hall–Kier alpha value is -1.68. The second-order valence-corrected chi connectivity index (χ2v) is 3.13. The van der Waals surface area contributed by atoms with Gasteiger partial charge in [-0.3, -0.25) is 4.79 Å². The van der Waals surface area contributed by atoms with Crippen molar-refractivity contribution in [3.63, 3.8) is 0 Å². The quantitative estimate of drug-likeness (QED) is 0.771. The van der Waals surface area contributed by atoms with E-state index in [4.69, 9.17) is 11.6 Å². The Labute approximate surface area is 84.6 Å². The van der Waals surface area contributed by atoms with E-state index in [-0.39, 0.29) is 5.56 Å². The van der Waals surface area contributed by atoms with Gasteiger partial charge in [-0.15, -0.1) is 5.10 Å². The van der Waals surface area contributed by atoms with Gasteiger partial charge in [0.15, 0.2) is 5.82 Å². The molecular weight excluding hydrogens is 202 g/mol. The lowest BCUT2D eigenvalue weighted by Crippen LogP contribution is -2.08. The number of rotatable bonds is 1. The molecule has 0 atom stereocenters. The third-order valence-corrected chi connectivity index (χ3v) is 1.94. The molecule has 1 heterocycles. The van der Waals surface area contributed by atoms with Crippen molar-refractivity contribution in [3.8, 4) is 11.4 Å². The number of hydrogen-bond acceptors (Lipinski definition) is 3. The van der Waals surface area contributed by atoms with E-state index in [2.05, 4.69) is 15.2 Å². The second-order valence-electron chi connectivity index (χ2n) is 2.69. The first kappa shape index (κ1) is 8.90. The lowest BCUT2D eigenvalue weighted by atomic mass is 10.2. The summed E-state index contributed by atoms with van der Waals surface area (Å²) < 4.78 is 0. The molecule has 0 fully saturated rings. The maximum atomic E-state index is 10.9. The SMILES string of the molecule is O=c1cnnc(-c2ccc(Cl)cc2)[nH]1. The van der Waals surface area contributed by atoms with Crippen LogP contribution >= 0.6 is 11.6 Å². The highest BCUT2D eigenvalue weighted by atomic mass is 35.5. The molecule has 0 radical (unpaired) electrons. The summed E-state index contributed by atoms with van der Waals surface area (Å²) >= 11 is 5.72. The number of nitrogens with zero attached hydrogens (tertiary/aromatic N) is 2. The molecule has 0 saturated heterocycles. The van der Waals surface area contributed by atoms with E-state index in [1.165, 1.54) is 0 Å². The molecule has 0 aliphatic heterocycles. The van der Waals surface area contributed by atoms with Gasteiger partial charge in [-0.2, -0.15) is 5.10 Å². The van der Waals surface area contributed by atoms with Gasteiger partial charge in [0.2, 0.25) is 0 Å². The molecular formula is C9H6ClN3O. The van der Waals surface area contributed by atoms with Gasteiger partial charge >= 0.3 is 0 Å². The first-order chi connectivity index (χ1) is 6.75. The highest BCUT2D eigenvalue weighted by Crippen LogP contribution is 2.15. The molecule has 1 aromatic carbocycles. The van der Waals surface area contributed by atoms with Crippen molar-refractivity contribution in [1.29, 1.82) is 0 Å². The van der Waals surface area contributed by atoms with Gasteiger partial charge in [-0.1, -0.05) is 11.6 Å². The van der Waals surface area contributed by atoms with Crippen LogP contribution in [-0.4, -0.2) is 15.2 Å². The van der Waals surface area contributed by atoms with Crippen LogP contribution in [0.25, 0.3) is 11.4 Å². The minimum Gasteiger partial charge on any atom is -0.304 e. The van der Waals surface area contributed by atoms with Crippen molar-refractivity contribution in [2.24, 2.45) is 0 Å². The van der Waals surface area contributed by atoms with Crippen molar-refractivity contribution >= 4 is 11.6 Å². The molecule has 1 N–H and O–H groups in total. The molecule has 2 aromatic rings. The van der Waals surface area contributed by atoms with E-state index in [1.54, 1.807) is 24.3 Å². The smallest absolute Gasteiger partial charge is 0.269 e. The van der Waals surface area contributed by atoms with Gasteiger partial charge in [0.25, 0.3) is 5.56 Å². The van der Waals surface area contributed by atoms with Crippen LogP contribution in [0.1, 0.15) is 0 Å². The molecule has 4 nitrogen and oxygen atoms in total. The zero-order chi connectivity index (χ0) is 9.97. The normalized spacial score (nSPS) is 10.1. The monoisotopic (exact) mass is 207 g/mol. The number of benzene rings is 1. The first-order valence-electron chi connectivity index (χ1n) is 3.93. The van der Waals surface area contributed by atoms with Crippen LogP contribution in [0.3, 0.4) is 0 Å². The van der Waals surface area contributed by atoms with E-state index in [0.29, 0.717) is 10.8 Å². The Morgan fingerprint density at radius 2 is 1.93 bits per heavy atom. The third-order valence-electron chi connectivity index (χ3n) is 1.69. The number of aromatic nitrogens is 3. The lowest BCUT2D eigenvalue weighted by Gasteiger charge is -1.97. The van der Waals surface area contributed by atoms with Gasteiger partial charge in [0.1, 0.15) is 6.20 Å². The van der Waals surface area contributed by atoms with Crippen molar-refractivity contribution in [1.82, 2.24) is 15.2 Å². The van der Waals surface area contributed by atoms with Crippen LogP contribution < -0.4 is 5.56 Å². The van der Waals surface area contributed by atoms with E-state index in [1.807, 2.05) is 0 Å². The molecule has 0 unspecified atom stereocenters. The maximum absolute atomic E-state index is 10.9. The highest BCUT2D eigenvalue weighted by molar-refractivity contribution is 6.30. The van der Waals surface area contributed by atoms with Crippen LogP contribution in [-0.2, 0) is 0 Å². The van der Waals surface area contributed by atoms with E-state index in [9.17, 15) is 4.79 Å². The average Bonchev–Trinajstić information content (AvgIpc) is 2.19. The van der Waals surface area contributed by atoms with Gasteiger partial charge in [-0.05, 0) is 24.3 Å². The van der Waals surface area contributed by atoms with Gasteiger partial charge < -0.3 is 4.98 Å². The van der Waals surface area contributed by atoms with Crippen molar-refractivity contribution < 1.29 is 0 Å². The fourth-order valence-corrected chi connectivity index (χ4v) is 1.18. The Morgan fingerprint density at radius 1 is 1.21 bits per heavy atom. The van der Waals surface area contributed by atoms with E-state index >= 15 is 0 Å². The fourth-order valence-electron chi connectivity index (χ4n) is 1.05. The third kappa shape index (κ3) is 1.80. The average molecular weight is 208 g/mol. The predicted molar refractivity (Wildman–Crippen MR) is 53.1 cm³/mol.